The summed E-state index contributed by atoms with van der Waals surface area (Å²) in [7, 11) is 0. The van der Waals surface area contributed by atoms with Gasteiger partial charge in [-0.2, -0.15) is 13.2 Å². The van der Waals surface area contributed by atoms with Gasteiger partial charge in [-0.1, -0.05) is 6.92 Å². The molecule has 0 unspecified atom stereocenters. The van der Waals surface area contributed by atoms with Crippen LogP contribution in [0.3, 0.4) is 0 Å². The molecule has 2 aliphatic rings. The minimum atomic E-state index is -4.14. The monoisotopic (exact) mass is 321 g/mol. The molecule has 4 nitrogen and oxygen atoms in total. The molecule has 2 atom stereocenters. The number of nitrogens with one attached hydrogen (secondary N) is 1. The predicted octanol–water partition coefficient (Wildman–Crippen LogP) is 1.86. The molecule has 0 saturated carbocycles. The second kappa shape index (κ2) is 7.64. The Labute approximate surface area is 130 Å². The number of alkyl halides is 3. The number of carbonyl (C=O) groups is 1. The van der Waals surface area contributed by atoms with Crippen LogP contribution in [0.2, 0.25) is 0 Å². The van der Waals surface area contributed by atoms with Crippen molar-refractivity contribution in [2.45, 2.75) is 44.8 Å². The van der Waals surface area contributed by atoms with Gasteiger partial charge in [0.25, 0.3) is 0 Å². The summed E-state index contributed by atoms with van der Waals surface area (Å²) in [6, 6.07) is -0.0924. The Hall–Kier alpha value is -0.820. The van der Waals surface area contributed by atoms with Gasteiger partial charge >= 0.3 is 6.18 Å². The lowest BCUT2D eigenvalue weighted by Crippen LogP contribution is -2.45. The molecule has 2 heterocycles. The van der Waals surface area contributed by atoms with Gasteiger partial charge in [-0.05, 0) is 44.7 Å². The first-order valence-electron chi connectivity index (χ1n) is 8.20. The van der Waals surface area contributed by atoms with Crippen molar-refractivity contribution in [2.24, 2.45) is 5.92 Å². The van der Waals surface area contributed by atoms with E-state index in [1.54, 1.807) is 6.92 Å². The van der Waals surface area contributed by atoms with E-state index in [9.17, 15) is 18.0 Å². The summed E-state index contributed by atoms with van der Waals surface area (Å²) < 4.78 is 37.6. The van der Waals surface area contributed by atoms with E-state index in [1.165, 1.54) is 4.90 Å². The molecule has 0 aromatic rings. The average molecular weight is 321 g/mol. The van der Waals surface area contributed by atoms with E-state index in [4.69, 9.17) is 0 Å². The summed E-state index contributed by atoms with van der Waals surface area (Å²) in [5.41, 5.74) is 0. The van der Waals surface area contributed by atoms with Crippen LogP contribution in [0.4, 0.5) is 13.2 Å². The Balaban J connectivity index is 1.85. The molecule has 2 rings (SSSR count). The van der Waals surface area contributed by atoms with Gasteiger partial charge in [0.15, 0.2) is 0 Å². The smallest absolute Gasteiger partial charge is 0.355 e. The number of amides is 1. The van der Waals surface area contributed by atoms with Gasteiger partial charge in [-0.3, -0.25) is 14.6 Å². The van der Waals surface area contributed by atoms with Crippen LogP contribution in [-0.4, -0.2) is 67.2 Å². The van der Waals surface area contributed by atoms with E-state index >= 15 is 0 Å². The summed E-state index contributed by atoms with van der Waals surface area (Å²) in [6.45, 7) is 4.06. The first-order chi connectivity index (χ1) is 10.4. The first kappa shape index (κ1) is 17.5. The van der Waals surface area contributed by atoms with E-state index in [-0.39, 0.29) is 17.9 Å². The summed E-state index contributed by atoms with van der Waals surface area (Å²) in [5.74, 6) is 0.305. The van der Waals surface area contributed by atoms with Crippen molar-refractivity contribution in [1.29, 1.82) is 0 Å². The second-order valence-electron chi connectivity index (χ2n) is 6.40. The van der Waals surface area contributed by atoms with Crippen LogP contribution in [0.1, 0.15) is 32.6 Å². The molecule has 22 heavy (non-hydrogen) atoms. The summed E-state index contributed by atoms with van der Waals surface area (Å²) in [5, 5.41) is 2.93. The van der Waals surface area contributed by atoms with Gasteiger partial charge in [0.05, 0.1) is 12.6 Å². The third-order valence-electron chi connectivity index (χ3n) is 4.63. The largest absolute Gasteiger partial charge is 0.401 e. The quantitative estimate of drug-likeness (QED) is 0.839. The number of hydrogen-bond acceptors (Lipinski definition) is 3. The molecule has 128 valence electrons. The van der Waals surface area contributed by atoms with Crippen molar-refractivity contribution >= 4 is 5.91 Å². The van der Waals surface area contributed by atoms with Crippen LogP contribution < -0.4 is 5.32 Å². The Morgan fingerprint density at radius 3 is 2.77 bits per heavy atom. The molecule has 0 spiro atoms. The van der Waals surface area contributed by atoms with Crippen LogP contribution in [0, 0.1) is 5.92 Å². The number of carbonyl (C=O) groups excluding carboxylic acids is 1. The molecular formula is C15H26F3N3O. The number of hydrogen-bond donors (Lipinski definition) is 1. The standard InChI is InChI=1S/C15H26F3N3O/c1-2-20(11-15(16,17)18)9-12-6-8-21(10-12)13-5-3-4-7-19-14(13)22/h12-13H,2-11H2,1H3,(H,19,22)/t12-,13-/m1/s1. The molecule has 0 bridgehead atoms. The SMILES string of the molecule is CCN(C[C@H]1CCN([C@@H]2CCCCNC2=O)C1)CC(F)(F)F. The lowest BCUT2D eigenvalue weighted by atomic mass is 10.1. The fourth-order valence-corrected chi connectivity index (χ4v) is 3.49. The molecule has 0 aromatic heterocycles. The van der Waals surface area contributed by atoms with Crippen molar-refractivity contribution < 1.29 is 18.0 Å². The van der Waals surface area contributed by atoms with E-state index in [0.717, 1.165) is 45.3 Å². The molecule has 1 amide bonds. The van der Waals surface area contributed by atoms with Gasteiger partial charge in [-0.25, -0.2) is 0 Å². The van der Waals surface area contributed by atoms with Crippen molar-refractivity contribution in [3.8, 4) is 0 Å². The average Bonchev–Trinajstić information content (AvgIpc) is 2.77. The topological polar surface area (TPSA) is 35.6 Å². The van der Waals surface area contributed by atoms with Gasteiger partial charge in [0.2, 0.25) is 5.91 Å². The summed E-state index contributed by atoms with van der Waals surface area (Å²) in [6.07, 6.45) is -0.374. The Morgan fingerprint density at radius 1 is 1.32 bits per heavy atom. The Bertz CT molecular complexity index is 376. The normalized spacial score (nSPS) is 28.0. The van der Waals surface area contributed by atoms with Gasteiger partial charge < -0.3 is 5.32 Å². The second-order valence-corrected chi connectivity index (χ2v) is 6.40. The van der Waals surface area contributed by atoms with Crippen LogP contribution in [0.15, 0.2) is 0 Å². The minimum absolute atomic E-state index is 0.0841. The van der Waals surface area contributed by atoms with E-state index < -0.39 is 12.7 Å². The molecule has 0 aliphatic carbocycles. The molecular weight excluding hydrogens is 295 g/mol. The zero-order valence-corrected chi connectivity index (χ0v) is 13.2. The minimum Gasteiger partial charge on any atom is -0.355 e. The van der Waals surface area contributed by atoms with Gasteiger partial charge in [0.1, 0.15) is 0 Å². The summed E-state index contributed by atoms with van der Waals surface area (Å²) in [4.78, 5) is 15.7. The Morgan fingerprint density at radius 2 is 2.09 bits per heavy atom. The molecule has 2 saturated heterocycles. The molecule has 0 aromatic carbocycles. The number of halogens is 3. The zero-order valence-electron chi connectivity index (χ0n) is 13.2. The zero-order chi connectivity index (χ0) is 16.2. The fraction of sp³-hybridized carbons (Fsp3) is 0.933. The third-order valence-corrected chi connectivity index (χ3v) is 4.63. The molecule has 2 fully saturated rings. The van der Waals surface area contributed by atoms with Crippen LogP contribution in [0.25, 0.3) is 0 Å². The highest BCUT2D eigenvalue weighted by molar-refractivity contribution is 5.81. The summed E-state index contributed by atoms with van der Waals surface area (Å²) >= 11 is 0. The molecule has 1 N–H and O–H groups in total. The molecule has 2 aliphatic heterocycles. The van der Waals surface area contributed by atoms with E-state index in [2.05, 4.69) is 10.2 Å². The highest BCUT2D eigenvalue weighted by Gasteiger charge is 2.35. The Kier molecular flexibility index (Phi) is 6.09. The number of likely N-dealkylation sites (tertiary alicyclic amines) is 1. The van der Waals surface area contributed by atoms with Crippen molar-refractivity contribution in [1.82, 2.24) is 15.1 Å². The van der Waals surface area contributed by atoms with E-state index in [1.807, 2.05) is 0 Å². The van der Waals surface area contributed by atoms with E-state index in [0.29, 0.717) is 13.1 Å². The lowest BCUT2D eigenvalue weighted by Gasteiger charge is -2.27. The maximum Gasteiger partial charge on any atom is 0.401 e. The van der Waals surface area contributed by atoms with Crippen LogP contribution in [-0.2, 0) is 4.79 Å². The maximum atomic E-state index is 12.5. The lowest BCUT2D eigenvalue weighted by molar-refractivity contribution is -0.146. The van der Waals surface area contributed by atoms with Crippen molar-refractivity contribution in [3.63, 3.8) is 0 Å². The highest BCUT2D eigenvalue weighted by Crippen LogP contribution is 2.24. The van der Waals surface area contributed by atoms with Crippen molar-refractivity contribution in [2.75, 3.05) is 39.3 Å². The third kappa shape index (κ3) is 5.12. The van der Waals surface area contributed by atoms with Crippen LogP contribution in [0.5, 0.6) is 0 Å². The van der Waals surface area contributed by atoms with Gasteiger partial charge in [0, 0.05) is 19.6 Å². The maximum absolute atomic E-state index is 12.5. The number of nitrogens with zero attached hydrogens (tertiary/aromatic N) is 2. The van der Waals surface area contributed by atoms with Gasteiger partial charge in [-0.15, -0.1) is 0 Å². The fourth-order valence-electron chi connectivity index (χ4n) is 3.49. The van der Waals surface area contributed by atoms with Crippen LogP contribution >= 0.6 is 0 Å². The highest BCUT2D eigenvalue weighted by atomic mass is 19.4. The predicted molar refractivity (Wildman–Crippen MR) is 78.5 cm³/mol. The first-order valence-corrected chi connectivity index (χ1v) is 8.20. The molecule has 0 radical (unpaired) electrons. The van der Waals surface area contributed by atoms with Crippen molar-refractivity contribution in [3.05, 3.63) is 0 Å². The number of rotatable bonds is 5. The molecule has 7 heteroatoms.